The number of fused-ring (bicyclic) bond motifs is 1. The lowest BCUT2D eigenvalue weighted by atomic mass is 9.89. The van der Waals surface area contributed by atoms with Crippen molar-refractivity contribution in [2.24, 2.45) is 5.92 Å². The molecule has 0 aliphatic heterocycles. The second-order valence-electron chi connectivity index (χ2n) is 6.71. The number of hydrogen-bond donors (Lipinski definition) is 0. The molecule has 1 aliphatic carbocycles. The summed E-state index contributed by atoms with van der Waals surface area (Å²) in [5.41, 5.74) is 6.01. The lowest BCUT2D eigenvalue weighted by molar-refractivity contribution is 0.310. The fourth-order valence-electron chi connectivity index (χ4n) is 3.87. The van der Waals surface area contributed by atoms with Gasteiger partial charge in [0.1, 0.15) is 0 Å². The van der Waals surface area contributed by atoms with E-state index in [2.05, 4.69) is 79.4 Å². The highest BCUT2D eigenvalue weighted by Crippen LogP contribution is 2.36. The maximum atomic E-state index is 2.50. The zero-order valence-electron chi connectivity index (χ0n) is 15.4. The number of hydrogen-bond acceptors (Lipinski definition) is 1. The first-order chi connectivity index (χ1) is 11.8. The van der Waals surface area contributed by atoms with Crippen LogP contribution in [-0.4, -0.2) is 24.5 Å². The molecule has 2 aromatic carbocycles. The largest absolute Gasteiger partial charge is 0.304 e. The first-order valence-corrected chi connectivity index (χ1v) is 9.36. The van der Waals surface area contributed by atoms with Gasteiger partial charge >= 0.3 is 0 Å². The van der Waals surface area contributed by atoms with Crippen molar-refractivity contribution in [3.63, 3.8) is 0 Å². The summed E-state index contributed by atoms with van der Waals surface area (Å²) in [6.45, 7) is 7.93. The van der Waals surface area contributed by atoms with Crippen molar-refractivity contribution in [3.05, 3.63) is 77.4 Å². The molecule has 0 atom stereocenters. The van der Waals surface area contributed by atoms with E-state index in [-0.39, 0.29) is 12.4 Å². The smallest absolute Gasteiger partial charge is 0.00159 e. The zero-order valence-corrected chi connectivity index (χ0v) is 16.3. The van der Waals surface area contributed by atoms with Crippen LogP contribution in [0.3, 0.4) is 0 Å². The van der Waals surface area contributed by atoms with Crippen LogP contribution in [0.2, 0.25) is 0 Å². The van der Waals surface area contributed by atoms with Crippen molar-refractivity contribution in [3.8, 4) is 0 Å². The second-order valence-corrected chi connectivity index (χ2v) is 6.71. The summed E-state index contributed by atoms with van der Waals surface area (Å²) in [6, 6.07) is 19.9. The Morgan fingerprint density at radius 1 is 0.920 bits per heavy atom. The van der Waals surface area contributed by atoms with Gasteiger partial charge in [-0.15, -0.1) is 12.4 Å². The molecule has 0 amide bonds. The minimum Gasteiger partial charge on any atom is -0.304 e. The molecular formula is C23H30ClN. The number of benzene rings is 2. The highest BCUT2D eigenvalue weighted by atomic mass is 35.5. The fourth-order valence-corrected chi connectivity index (χ4v) is 3.87. The Morgan fingerprint density at radius 3 is 2.04 bits per heavy atom. The van der Waals surface area contributed by atoms with Gasteiger partial charge in [-0.1, -0.05) is 74.5 Å². The van der Waals surface area contributed by atoms with Crippen molar-refractivity contribution in [1.82, 2.24) is 4.90 Å². The maximum absolute atomic E-state index is 2.50. The molecular weight excluding hydrogens is 326 g/mol. The Balaban J connectivity index is 0.00000225. The van der Waals surface area contributed by atoms with Crippen LogP contribution < -0.4 is 0 Å². The van der Waals surface area contributed by atoms with E-state index in [0.717, 1.165) is 26.1 Å². The molecule has 0 radical (unpaired) electrons. The number of allylic oxidation sites excluding steroid dienone is 1. The first-order valence-electron chi connectivity index (χ1n) is 9.36. The van der Waals surface area contributed by atoms with Crippen molar-refractivity contribution < 1.29 is 0 Å². The van der Waals surface area contributed by atoms with E-state index >= 15 is 0 Å². The quantitative estimate of drug-likeness (QED) is 0.621. The summed E-state index contributed by atoms with van der Waals surface area (Å²) >= 11 is 0. The Morgan fingerprint density at radius 2 is 1.48 bits per heavy atom. The molecule has 0 spiro atoms. The third-order valence-electron chi connectivity index (χ3n) is 5.30. The molecule has 134 valence electrons. The van der Waals surface area contributed by atoms with Gasteiger partial charge in [0.05, 0.1) is 0 Å². The van der Waals surface area contributed by atoms with Crippen molar-refractivity contribution in [2.75, 3.05) is 19.6 Å². The highest BCUT2D eigenvalue weighted by Gasteiger charge is 2.24. The van der Waals surface area contributed by atoms with Crippen LogP contribution in [0.4, 0.5) is 0 Å². The average Bonchev–Trinajstić information content (AvgIpc) is 3.06. The van der Waals surface area contributed by atoms with Gasteiger partial charge in [-0.25, -0.2) is 0 Å². The summed E-state index contributed by atoms with van der Waals surface area (Å²) in [5, 5.41) is 0. The SMILES string of the molecule is CCN(CC)CCC=C(c1ccccc1)C1Cc2ccccc2C1.Cl. The Hall–Kier alpha value is -1.57. The van der Waals surface area contributed by atoms with Crippen molar-refractivity contribution >= 4 is 18.0 Å². The average molecular weight is 356 g/mol. The summed E-state index contributed by atoms with van der Waals surface area (Å²) in [4.78, 5) is 2.50. The second kappa shape index (κ2) is 9.79. The van der Waals surface area contributed by atoms with E-state index in [4.69, 9.17) is 0 Å². The van der Waals surface area contributed by atoms with Crippen LogP contribution in [-0.2, 0) is 12.8 Å². The fraction of sp³-hybridized carbons (Fsp3) is 0.391. The van der Waals surface area contributed by atoms with Gasteiger partial charge in [-0.2, -0.15) is 0 Å². The molecule has 1 aliphatic rings. The van der Waals surface area contributed by atoms with Gasteiger partial charge < -0.3 is 4.90 Å². The number of halogens is 1. The molecule has 0 saturated carbocycles. The molecule has 2 aromatic rings. The van der Waals surface area contributed by atoms with Crippen LogP contribution in [0.15, 0.2) is 60.7 Å². The van der Waals surface area contributed by atoms with Crippen LogP contribution >= 0.6 is 12.4 Å². The maximum Gasteiger partial charge on any atom is 0.00159 e. The lowest BCUT2D eigenvalue weighted by Crippen LogP contribution is -2.23. The summed E-state index contributed by atoms with van der Waals surface area (Å²) < 4.78 is 0. The van der Waals surface area contributed by atoms with Gasteiger partial charge in [0.25, 0.3) is 0 Å². The van der Waals surface area contributed by atoms with Crippen LogP contribution in [0.25, 0.3) is 5.57 Å². The number of nitrogens with zero attached hydrogens (tertiary/aromatic N) is 1. The van der Waals surface area contributed by atoms with E-state index in [1.54, 1.807) is 5.57 Å². The van der Waals surface area contributed by atoms with E-state index in [9.17, 15) is 0 Å². The molecule has 0 heterocycles. The van der Waals surface area contributed by atoms with Gasteiger partial charge in [-0.05, 0) is 60.5 Å². The van der Waals surface area contributed by atoms with Gasteiger partial charge in [0.15, 0.2) is 0 Å². The van der Waals surface area contributed by atoms with Crippen molar-refractivity contribution in [1.29, 1.82) is 0 Å². The topological polar surface area (TPSA) is 3.24 Å². The standard InChI is InChI=1S/C23H29N.ClH/c1-3-24(4-2)16-10-15-23(19-11-6-5-7-12-19)22-17-20-13-8-9-14-21(20)18-22;/h5-9,11-15,22H,3-4,10,16-18H2,1-2H3;1H. The monoisotopic (exact) mass is 355 g/mol. The minimum atomic E-state index is 0. The minimum absolute atomic E-state index is 0. The zero-order chi connectivity index (χ0) is 16.8. The molecule has 0 saturated heterocycles. The molecule has 0 unspecified atom stereocenters. The Labute approximate surface area is 159 Å². The first kappa shape index (κ1) is 19.8. The molecule has 1 nitrogen and oxygen atoms in total. The summed E-state index contributed by atoms with van der Waals surface area (Å²) in [5.74, 6) is 0.626. The third kappa shape index (κ3) is 4.96. The summed E-state index contributed by atoms with van der Waals surface area (Å²) in [7, 11) is 0. The molecule has 3 rings (SSSR count). The molecule has 0 fully saturated rings. The van der Waals surface area contributed by atoms with Gasteiger partial charge in [0, 0.05) is 6.54 Å². The van der Waals surface area contributed by atoms with E-state index < -0.39 is 0 Å². The lowest BCUT2D eigenvalue weighted by Gasteiger charge is -2.19. The van der Waals surface area contributed by atoms with Gasteiger partial charge in [-0.3, -0.25) is 0 Å². The molecule has 0 N–H and O–H groups in total. The Bertz CT molecular complexity index is 649. The summed E-state index contributed by atoms with van der Waals surface area (Å²) in [6.07, 6.45) is 6.01. The predicted octanol–water partition coefficient (Wildman–Crippen LogP) is 5.64. The third-order valence-corrected chi connectivity index (χ3v) is 5.30. The predicted molar refractivity (Wildman–Crippen MR) is 111 cm³/mol. The van der Waals surface area contributed by atoms with Crippen LogP contribution in [0.1, 0.15) is 37.0 Å². The van der Waals surface area contributed by atoms with E-state index in [1.165, 1.54) is 29.5 Å². The Kier molecular flexibility index (Phi) is 7.74. The van der Waals surface area contributed by atoms with E-state index in [0.29, 0.717) is 5.92 Å². The van der Waals surface area contributed by atoms with Crippen LogP contribution in [0, 0.1) is 5.92 Å². The van der Waals surface area contributed by atoms with Gasteiger partial charge in [0.2, 0.25) is 0 Å². The number of rotatable bonds is 7. The highest BCUT2D eigenvalue weighted by molar-refractivity contribution is 5.85. The molecule has 0 bridgehead atoms. The molecule has 2 heteroatoms. The van der Waals surface area contributed by atoms with Crippen molar-refractivity contribution in [2.45, 2.75) is 33.1 Å². The molecule has 25 heavy (non-hydrogen) atoms. The normalized spacial score (nSPS) is 14.4. The molecule has 0 aromatic heterocycles. The van der Waals surface area contributed by atoms with Crippen LogP contribution in [0.5, 0.6) is 0 Å². The van der Waals surface area contributed by atoms with E-state index in [1.807, 2.05) is 0 Å².